The highest BCUT2D eigenvalue weighted by molar-refractivity contribution is 7.92. The molecule has 1 rings (SSSR count). The van der Waals surface area contributed by atoms with Gasteiger partial charge in [0.25, 0.3) is 0 Å². The van der Waals surface area contributed by atoms with Gasteiger partial charge in [0.1, 0.15) is 0 Å². The van der Waals surface area contributed by atoms with Crippen LogP contribution in [0.3, 0.4) is 0 Å². The predicted octanol–water partition coefficient (Wildman–Crippen LogP) is -0.191. The van der Waals surface area contributed by atoms with Crippen LogP contribution in [0.1, 0.15) is 32.1 Å². The monoisotopic (exact) mass is 248 g/mol. The molecule has 3 N–H and O–H groups in total. The number of carbonyl (C=O) groups is 1. The van der Waals surface area contributed by atoms with E-state index in [1.807, 2.05) is 0 Å². The fourth-order valence-corrected chi connectivity index (χ4v) is 3.60. The normalized spacial score (nSPS) is 23.2. The Kier molecular flexibility index (Phi) is 5.21. The lowest BCUT2D eigenvalue weighted by molar-refractivity contribution is -0.121. The van der Waals surface area contributed by atoms with E-state index in [-0.39, 0.29) is 23.5 Å². The Morgan fingerprint density at radius 3 is 2.69 bits per heavy atom. The van der Waals surface area contributed by atoms with E-state index >= 15 is 0 Å². The van der Waals surface area contributed by atoms with Gasteiger partial charge in [0.15, 0.2) is 9.84 Å². The molecule has 0 aliphatic carbocycles. The van der Waals surface area contributed by atoms with E-state index < -0.39 is 9.84 Å². The molecule has 0 saturated carbocycles. The van der Waals surface area contributed by atoms with E-state index in [4.69, 9.17) is 5.73 Å². The molecule has 5 nitrogen and oxygen atoms in total. The maximum atomic E-state index is 11.5. The molecule has 0 spiro atoms. The maximum Gasteiger partial charge on any atom is 0.220 e. The summed E-state index contributed by atoms with van der Waals surface area (Å²) in [6, 6.07) is 0. The summed E-state index contributed by atoms with van der Waals surface area (Å²) >= 11 is 0. The van der Waals surface area contributed by atoms with Crippen LogP contribution in [0.2, 0.25) is 0 Å². The van der Waals surface area contributed by atoms with Crippen LogP contribution < -0.4 is 11.1 Å². The second-order valence-corrected chi connectivity index (χ2v) is 6.58. The predicted molar refractivity (Wildman–Crippen MR) is 62.7 cm³/mol. The van der Waals surface area contributed by atoms with Crippen LogP contribution in [0.15, 0.2) is 0 Å². The smallest absolute Gasteiger partial charge is 0.220 e. The van der Waals surface area contributed by atoms with Crippen LogP contribution in [-0.2, 0) is 14.6 Å². The third-order valence-corrected chi connectivity index (χ3v) is 5.12. The second kappa shape index (κ2) is 6.20. The molecule has 1 atom stereocenters. The first kappa shape index (κ1) is 13.4. The van der Waals surface area contributed by atoms with Gasteiger partial charge in [-0.1, -0.05) is 0 Å². The average Bonchev–Trinajstić information content (AvgIpc) is 2.55. The fraction of sp³-hybridized carbons (Fsp3) is 0.900. The van der Waals surface area contributed by atoms with Crippen LogP contribution in [0.4, 0.5) is 0 Å². The molecule has 1 fully saturated rings. The molecule has 1 unspecified atom stereocenters. The molecule has 1 amide bonds. The third-order valence-electron chi connectivity index (χ3n) is 2.85. The van der Waals surface area contributed by atoms with Crippen LogP contribution in [0, 0.1) is 0 Å². The molecule has 1 aliphatic rings. The Morgan fingerprint density at radius 2 is 2.12 bits per heavy atom. The number of carbonyl (C=O) groups excluding carboxylic acids is 1. The van der Waals surface area contributed by atoms with Crippen molar-refractivity contribution >= 4 is 15.7 Å². The van der Waals surface area contributed by atoms with Crippen molar-refractivity contribution in [2.24, 2.45) is 5.73 Å². The summed E-state index contributed by atoms with van der Waals surface area (Å²) < 4.78 is 22.9. The molecule has 6 heteroatoms. The van der Waals surface area contributed by atoms with E-state index in [9.17, 15) is 13.2 Å². The van der Waals surface area contributed by atoms with Gasteiger partial charge in [0.05, 0.1) is 11.0 Å². The zero-order valence-corrected chi connectivity index (χ0v) is 10.3. The van der Waals surface area contributed by atoms with Crippen molar-refractivity contribution in [1.29, 1.82) is 0 Å². The average molecular weight is 248 g/mol. The molecule has 0 aromatic rings. The Bertz CT molecular complexity index is 327. The Hall–Kier alpha value is -0.620. The zero-order chi connectivity index (χ0) is 12.0. The maximum absolute atomic E-state index is 11.5. The summed E-state index contributed by atoms with van der Waals surface area (Å²) in [4.78, 5) is 11.3. The van der Waals surface area contributed by atoms with Gasteiger partial charge in [-0.25, -0.2) is 8.42 Å². The highest BCUT2D eigenvalue weighted by Crippen LogP contribution is 2.18. The van der Waals surface area contributed by atoms with E-state index in [0.29, 0.717) is 19.4 Å². The van der Waals surface area contributed by atoms with Crippen LogP contribution in [0.5, 0.6) is 0 Å². The Labute approximate surface area is 96.7 Å². The summed E-state index contributed by atoms with van der Waals surface area (Å²) in [5.74, 6) is 0.191. The van der Waals surface area contributed by atoms with Gasteiger partial charge in [0.2, 0.25) is 5.91 Å². The molecular weight excluding hydrogens is 228 g/mol. The van der Waals surface area contributed by atoms with Crippen molar-refractivity contribution in [1.82, 2.24) is 5.32 Å². The molecule has 16 heavy (non-hydrogen) atoms. The lowest BCUT2D eigenvalue weighted by atomic mass is 10.2. The van der Waals surface area contributed by atoms with Crippen molar-refractivity contribution in [3.63, 3.8) is 0 Å². The lowest BCUT2D eigenvalue weighted by Gasteiger charge is -2.10. The van der Waals surface area contributed by atoms with Gasteiger partial charge in [0, 0.05) is 13.0 Å². The minimum Gasteiger partial charge on any atom is -0.355 e. The number of hydrogen-bond donors (Lipinski definition) is 2. The fourth-order valence-electron chi connectivity index (χ4n) is 1.83. The standard InChI is InChI=1S/C10H20N2O3S/c11-6-2-1-5-10(13)12-8-9-4-3-7-16(9,14)15/h9H,1-8,11H2,(H,12,13). The molecule has 1 aliphatic heterocycles. The summed E-state index contributed by atoms with van der Waals surface area (Å²) in [5, 5.41) is 2.31. The van der Waals surface area contributed by atoms with Gasteiger partial charge in [-0.2, -0.15) is 0 Å². The highest BCUT2D eigenvalue weighted by Gasteiger charge is 2.31. The molecule has 1 saturated heterocycles. The van der Waals surface area contributed by atoms with Crippen LogP contribution in [-0.4, -0.2) is 38.4 Å². The lowest BCUT2D eigenvalue weighted by Crippen LogP contribution is -2.34. The molecule has 0 bridgehead atoms. The number of hydrogen-bond acceptors (Lipinski definition) is 4. The van der Waals surface area contributed by atoms with Crippen molar-refractivity contribution in [3.8, 4) is 0 Å². The van der Waals surface area contributed by atoms with E-state index in [2.05, 4.69) is 5.32 Å². The van der Waals surface area contributed by atoms with Crippen LogP contribution >= 0.6 is 0 Å². The van der Waals surface area contributed by atoms with Gasteiger partial charge in [-0.05, 0) is 32.2 Å². The van der Waals surface area contributed by atoms with Gasteiger partial charge >= 0.3 is 0 Å². The number of amides is 1. The SMILES string of the molecule is NCCCCC(=O)NCC1CCCS1(=O)=O. The third kappa shape index (κ3) is 4.09. The van der Waals surface area contributed by atoms with Crippen molar-refractivity contribution in [3.05, 3.63) is 0 Å². The Balaban J connectivity index is 2.21. The number of nitrogens with two attached hydrogens (primary N) is 1. The number of nitrogens with one attached hydrogen (secondary N) is 1. The summed E-state index contributed by atoms with van der Waals surface area (Å²) in [6.07, 6.45) is 3.42. The first-order valence-corrected chi connectivity index (χ1v) is 7.46. The summed E-state index contributed by atoms with van der Waals surface area (Å²) in [7, 11) is -2.94. The van der Waals surface area contributed by atoms with Gasteiger partial charge in [-0.15, -0.1) is 0 Å². The quantitative estimate of drug-likeness (QED) is 0.638. The zero-order valence-electron chi connectivity index (χ0n) is 9.44. The van der Waals surface area contributed by atoms with E-state index in [0.717, 1.165) is 19.3 Å². The topological polar surface area (TPSA) is 89.3 Å². The van der Waals surface area contributed by atoms with E-state index in [1.165, 1.54) is 0 Å². The largest absolute Gasteiger partial charge is 0.355 e. The molecule has 94 valence electrons. The number of sulfone groups is 1. The highest BCUT2D eigenvalue weighted by atomic mass is 32.2. The van der Waals surface area contributed by atoms with E-state index in [1.54, 1.807) is 0 Å². The summed E-state index contributed by atoms with van der Waals surface area (Å²) in [5.41, 5.74) is 5.31. The molecule has 0 radical (unpaired) electrons. The van der Waals surface area contributed by atoms with Crippen molar-refractivity contribution in [2.75, 3.05) is 18.8 Å². The minimum atomic E-state index is -2.94. The molecule has 0 aromatic heterocycles. The number of rotatable bonds is 6. The second-order valence-electron chi connectivity index (χ2n) is 4.18. The summed E-state index contributed by atoms with van der Waals surface area (Å²) in [6.45, 7) is 0.855. The molecule has 1 heterocycles. The molecule has 0 aromatic carbocycles. The van der Waals surface area contributed by atoms with Gasteiger partial charge in [-0.3, -0.25) is 4.79 Å². The van der Waals surface area contributed by atoms with Gasteiger partial charge < -0.3 is 11.1 Å². The van der Waals surface area contributed by atoms with Crippen LogP contribution in [0.25, 0.3) is 0 Å². The Morgan fingerprint density at radius 1 is 1.38 bits per heavy atom. The first-order chi connectivity index (χ1) is 7.56. The van der Waals surface area contributed by atoms with Crippen molar-refractivity contribution in [2.45, 2.75) is 37.4 Å². The molecular formula is C10H20N2O3S. The van der Waals surface area contributed by atoms with Crippen molar-refractivity contribution < 1.29 is 13.2 Å². The minimum absolute atomic E-state index is 0.0736. The number of unbranched alkanes of at least 4 members (excludes halogenated alkanes) is 1. The first-order valence-electron chi connectivity index (χ1n) is 5.74.